The predicted octanol–water partition coefficient (Wildman–Crippen LogP) is 2.90. The Hall–Kier alpha value is -1.07. The molecule has 0 radical (unpaired) electrons. The molecule has 2 N–H and O–H groups in total. The zero-order valence-corrected chi connectivity index (χ0v) is 12.5. The molecule has 1 aromatic rings. The molecular weight excluding hydrogens is 296 g/mol. The second-order valence-electron chi connectivity index (χ2n) is 4.64. The zero-order valence-electron chi connectivity index (χ0n) is 10.9. The van der Waals surface area contributed by atoms with Crippen molar-refractivity contribution < 1.29 is 9.90 Å². The number of hydrogen-bond donors (Lipinski definition) is 2. The van der Waals surface area contributed by atoms with Gasteiger partial charge < -0.3 is 15.3 Å². The lowest BCUT2D eigenvalue weighted by Gasteiger charge is -2.18. The lowest BCUT2D eigenvalue weighted by Crippen LogP contribution is -2.23. The monoisotopic (exact) mass is 314 g/mol. The van der Waals surface area contributed by atoms with Gasteiger partial charge in [0.05, 0.1) is 5.56 Å². The second kappa shape index (κ2) is 6.75. The van der Waals surface area contributed by atoms with E-state index in [-0.39, 0.29) is 5.56 Å². The van der Waals surface area contributed by atoms with E-state index in [0.29, 0.717) is 6.04 Å². The average Bonchev–Trinajstić information content (AvgIpc) is 2.29. The molecule has 0 aliphatic carbocycles. The van der Waals surface area contributed by atoms with Gasteiger partial charge in [-0.1, -0.05) is 0 Å². The van der Waals surface area contributed by atoms with Gasteiger partial charge in [0.2, 0.25) is 0 Å². The SMILES string of the molecule is CC(CCN(C)C)Nc1ccc(C(=O)O)cc1Br. The fourth-order valence-electron chi connectivity index (χ4n) is 1.55. The second-order valence-corrected chi connectivity index (χ2v) is 5.49. The summed E-state index contributed by atoms with van der Waals surface area (Å²) in [5.74, 6) is -0.914. The smallest absolute Gasteiger partial charge is 0.335 e. The fraction of sp³-hybridized carbons (Fsp3) is 0.462. The first-order valence-electron chi connectivity index (χ1n) is 5.84. The molecule has 1 atom stereocenters. The predicted molar refractivity (Wildman–Crippen MR) is 77.4 cm³/mol. The van der Waals surface area contributed by atoms with E-state index in [4.69, 9.17) is 5.11 Å². The first-order chi connectivity index (χ1) is 8.40. The van der Waals surface area contributed by atoms with Crippen molar-refractivity contribution in [2.24, 2.45) is 0 Å². The van der Waals surface area contributed by atoms with Crippen molar-refractivity contribution in [3.63, 3.8) is 0 Å². The summed E-state index contributed by atoms with van der Waals surface area (Å²) < 4.78 is 0.777. The Labute approximate surface area is 116 Å². The van der Waals surface area contributed by atoms with Gasteiger partial charge in [-0.05, 0) is 68.1 Å². The third kappa shape index (κ3) is 4.66. The number of rotatable bonds is 6. The van der Waals surface area contributed by atoms with E-state index in [9.17, 15) is 4.79 Å². The highest BCUT2D eigenvalue weighted by Crippen LogP contribution is 2.24. The molecule has 0 aliphatic heterocycles. The van der Waals surface area contributed by atoms with Gasteiger partial charge in [0.15, 0.2) is 0 Å². The molecular formula is C13H19BrN2O2. The molecule has 1 unspecified atom stereocenters. The summed E-state index contributed by atoms with van der Waals surface area (Å²) in [6.07, 6.45) is 1.03. The molecule has 0 aliphatic rings. The molecule has 5 heteroatoms. The number of hydrogen-bond acceptors (Lipinski definition) is 3. The van der Waals surface area contributed by atoms with E-state index >= 15 is 0 Å². The van der Waals surface area contributed by atoms with Gasteiger partial charge in [-0.3, -0.25) is 0 Å². The highest BCUT2D eigenvalue weighted by molar-refractivity contribution is 9.10. The van der Waals surface area contributed by atoms with Crippen LogP contribution in [0.5, 0.6) is 0 Å². The number of carboxylic acid groups (broad SMARTS) is 1. The third-order valence-corrected chi connectivity index (χ3v) is 3.28. The molecule has 0 saturated heterocycles. The minimum Gasteiger partial charge on any atom is -0.478 e. The molecule has 0 aromatic heterocycles. The maximum atomic E-state index is 10.8. The van der Waals surface area contributed by atoms with Crippen LogP contribution in [0, 0.1) is 0 Å². The van der Waals surface area contributed by atoms with Crippen molar-refractivity contribution in [1.29, 1.82) is 0 Å². The largest absolute Gasteiger partial charge is 0.478 e. The quantitative estimate of drug-likeness (QED) is 0.847. The summed E-state index contributed by atoms with van der Waals surface area (Å²) in [6, 6.07) is 5.34. The third-order valence-electron chi connectivity index (χ3n) is 2.63. The fourth-order valence-corrected chi connectivity index (χ4v) is 2.05. The summed E-state index contributed by atoms with van der Waals surface area (Å²) in [5.41, 5.74) is 1.21. The summed E-state index contributed by atoms with van der Waals surface area (Å²) in [7, 11) is 4.09. The maximum Gasteiger partial charge on any atom is 0.335 e. The van der Waals surface area contributed by atoms with E-state index in [1.807, 2.05) is 14.1 Å². The topological polar surface area (TPSA) is 52.6 Å². The van der Waals surface area contributed by atoms with Crippen molar-refractivity contribution in [2.45, 2.75) is 19.4 Å². The Morgan fingerprint density at radius 3 is 2.67 bits per heavy atom. The summed E-state index contributed by atoms with van der Waals surface area (Å²) in [6.45, 7) is 3.13. The van der Waals surface area contributed by atoms with Gasteiger partial charge in [0.1, 0.15) is 0 Å². The van der Waals surface area contributed by atoms with Gasteiger partial charge in [0.25, 0.3) is 0 Å². The number of aromatic carboxylic acids is 1. The van der Waals surface area contributed by atoms with Crippen LogP contribution in [0.25, 0.3) is 0 Å². The lowest BCUT2D eigenvalue weighted by molar-refractivity contribution is 0.0697. The van der Waals surface area contributed by atoms with E-state index in [1.165, 1.54) is 0 Å². The minimum atomic E-state index is -0.914. The van der Waals surface area contributed by atoms with E-state index in [0.717, 1.165) is 23.1 Å². The molecule has 1 aromatic carbocycles. The van der Waals surface area contributed by atoms with Crippen LogP contribution in [0.4, 0.5) is 5.69 Å². The Bertz CT molecular complexity index is 421. The molecule has 0 heterocycles. The Morgan fingerprint density at radius 1 is 1.50 bits per heavy atom. The van der Waals surface area contributed by atoms with E-state index in [2.05, 4.69) is 33.1 Å². The molecule has 0 fully saturated rings. The van der Waals surface area contributed by atoms with E-state index < -0.39 is 5.97 Å². The molecule has 1 rings (SSSR count). The first kappa shape index (κ1) is 15.0. The molecule has 18 heavy (non-hydrogen) atoms. The van der Waals surface area contributed by atoms with Crippen molar-refractivity contribution in [3.05, 3.63) is 28.2 Å². The highest BCUT2D eigenvalue weighted by Gasteiger charge is 2.09. The summed E-state index contributed by atoms with van der Waals surface area (Å²) >= 11 is 3.39. The Balaban J connectivity index is 2.64. The van der Waals surface area contributed by atoms with Gasteiger partial charge in [-0.25, -0.2) is 4.79 Å². The first-order valence-corrected chi connectivity index (χ1v) is 6.63. The van der Waals surface area contributed by atoms with Crippen LogP contribution in [0.3, 0.4) is 0 Å². The van der Waals surface area contributed by atoms with Gasteiger partial charge >= 0.3 is 5.97 Å². The molecule has 0 saturated carbocycles. The Kier molecular flexibility index (Phi) is 5.62. The molecule has 0 bridgehead atoms. The van der Waals surface area contributed by atoms with Crippen LogP contribution in [0.15, 0.2) is 22.7 Å². The van der Waals surface area contributed by atoms with Crippen LogP contribution in [0.2, 0.25) is 0 Å². The number of nitrogens with zero attached hydrogens (tertiary/aromatic N) is 1. The molecule has 4 nitrogen and oxygen atoms in total. The number of carbonyl (C=O) groups is 1. The van der Waals surface area contributed by atoms with E-state index in [1.54, 1.807) is 18.2 Å². The van der Waals surface area contributed by atoms with Crippen LogP contribution in [0.1, 0.15) is 23.7 Å². The standard InChI is InChI=1S/C13H19BrN2O2/c1-9(6-7-16(2)3)15-12-5-4-10(13(17)18)8-11(12)14/h4-5,8-9,15H,6-7H2,1-3H3,(H,17,18). The van der Waals surface area contributed by atoms with Crippen molar-refractivity contribution in [3.8, 4) is 0 Å². The maximum absolute atomic E-state index is 10.8. The van der Waals surface area contributed by atoms with Crippen molar-refractivity contribution >= 4 is 27.6 Å². The minimum absolute atomic E-state index is 0.286. The number of nitrogens with one attached hydrogen (secondary N) is 1. The zero-order chi connectivity index (χ0) is 13.7. The van der Waals surface area contributed by atoms with Crippen LogP contribution >= 0.6 is 15.9 Å². The molecule has 0 amide bonds. The van der Waals surface area contributed by atoms with Crippen molar-refractivity contribution in [1.82, 2.24) is 4.90 Å². The highest BCUT2D eigenvalue weighted by atomic mass is 79.9. The van der Waals surface area contributed by atoms with Crippen LogP contribution < -0.4 is 5.32 Å². The number of carboxylic acids is 1. The van der Waals surface area contributed by atoms with Gasteiger partial charge in [0, 0.05) is 16.2 Å². The number of anilines is 1. The van der Waals surface area contributed by atoms with Gasteiger partial charge in [-0.2, -0.15) is 0 Å². The van der Waals surface area contributed by atoms with Crippen LogP contribution in [-0.2, 0) is 0 Å². The number of benzene rings is 1. The normalized spacial score (nSPS) is 12.5. The summed E-state index contributed by atoms with van der Waals surface area (Å²) in [4.78, 5) is 13.0. The van der Waals surface area contributed by atoms with Crippen molar-refractivity contribution in [2.75, 3.05) is 26.0 Å². The lowest BCUT2D eigenvalue weighted by atomic mass is 10.1. The van der Waals surface area contributed by atoms with Crippen LogP contribution in [-0.4, -0.2) is 42.7 Å². The number of halogens is 1. The molecule has 100 valence electrons. The Morgan fingerprint density at radius 2 is 2.17 bits per heavy atom. The average molecular weight is 315 g/mol. The van der Waals surface area contributed by atoms with Gasteiger partial charge in [-0.15, -0.1) is 0 Å². The summed E-state index contributed by atoms with van der Waals surface area (Å²) in [5, 5.41) is 12.2. The molecule has 0 spiro atoms.